The highest BCUT2D eigenvalue weighted by Crippen LogP contribution is 2.34. The highest BCUT2D eigenvalue weighted by atomic mass is 19.4. The molecule has 2 aromatic carbocycles. The lowest BCUT2D eigenvalue weighted by Crippen LogP contribution is -2.52. The fraction of sp³-hybridized carbons (Fsp3) is 0.280. The van der Waals surface area contributed by atoms with Gasteiger partial charge in [-0.3, -0.25) is 24.4 Å². The third kappa shape index (κ3) is 5.33. The molecule has 3 aromatic rings. The molecule has 1 atom stereocenters. The van der Waals surface area contributed by atoms with Gasteiger partial charge in [0.2, 0.25) is 17.7 Å². The lowest BCUT2D eigenvalue weighted by Gasteiger charge is -2.29. The first kappa shape index (κ1) is 24.5. The third-order valence-electron chi connectivity index (χ3n) is 6.08. The van der Waals surface area contributed by atoms with E-state index < -0.39 is 24.9 Å². The summed E-state index contributed by atoms with van der Waals surface area (Å²) in [5.74, 6) is -0.0612. The molecule has 2 aliphatic heterocycles. The van der Waals surface area contributed by atoms with Crippen LogP contribution in [0.3, 0.4) is 0 Å². The van der Waals surface area contributed by atoms with E-state index in [9.17, 15) is 27.6 Å². The van der Waals surface area contributed by atoms with Crippen LogP contribution in [0.2, 0.25) is 0 Å². The summed E-state index contributed by atoms with van der Waals surface area (Å²) < 4.78 is 52.0. The first-order chi connectivity index (χ1) is 17.7. The summed E-state index contributed by atoms with van der Waals surface area (Å²) in [6.07, 6.45) is -2.80. The molecule has 37 heavy (non-hydrogen) atoms. The topological polar surface area (TPSA) is 111 Å². The van der Waals surface area contributed by atoms with Crippen molar-refractivity contribution in [3.05, 3.63) is 71.2 Å². The van der Waals surface area contributed by atoms with Crippen LogP contribution in [0, 0.1) is 0 Å². The van der Waals surface area contributed by atoms with Crippen molar-refractivity contribution in [2.24, 2.45) is 0 Å². The molecule has 1 aromatic heterocycles. The van der Waals surface area contributed by atoms with Crippen molar-refractivity contribution < 1.29 is 41.4 Å². The van der Waals surface area contributed by atoms with E-state index in [2.05, 4.69) is 15.0 Å². The predicted octanol–water partition coefficient (Wildman–Crippen LogP) is 3.72. The van der Waals surface area contributed by atoms with Gasteiger partial charge in [0.15, 0.2) is 12.4 Å². The lowest BCUT2D eigenvalue weighted by atomic mass is 10.0. The molecule has 5 rings (SSSR count). The number of carbonyl (C=O) groups is 3. The first-order valence-corrected chi connectivity index (χ1v) is 11.3. The summed E-state index contributed by atoms with van der Waals surface area (Å²) in [4.78, 5) is 42.3. The number of aromatic nitrogens is 1. The average molecular weight is 515 g/mol. The van der Waals surface area contributed by atoms with Gasteiger partial charge < -0.3 is 14.1 Å². The normalized spacial score (nSPS) is 17.6. The molecule has 0 spiro atoms. The quantitative estimate of drug-likeness (QED) is 0.478. The zero-order valence-corrected chi connectivity index (χ0v) is 19.2. The standard InChI is InChI=1S/C25H20F3N3O6/c26-25(27,28)36-12-14-4-6-15(7-5-14)20-10-29-22(37-20)13-35-19-3-1-2-16-17(19)11-31(24(16)34)18-8-9-21(32)30-23(18)33/h1-7,10,18H,8-9,11-13H2,(H,30,32,33). The number of ether oxygens (including phenoxy) is 2. The largest absolute Gasteiger partial charge is 0.522 e. The Bertz CT molecular complexity index is 1350. The number of fused-ring (bicyclic) bond motifs is 1. The number of halogens is 3. The Hall–Kier alpha value is -4.19. The Morgan fingerprint density at radius 2 is 1.86 bits per heavy atom. The van der Waals surface area contributed by atoms with Crippen LogP contribution < -0.4 is 10.1 Å². The van der Waals surface area contributed by atoms with Crippen molar-refractivity contribution >= 4 is 17.7 Å². The molecule has 0 bridgehead atoms. The molecule has 1 N–H and O–H groups in total. The van der Waals surface area contributed by atoms with E-state index in [1.807, 2.05) is 0 Å². The molecule has 1 saturated heterocycles. The molecule has 192 valence electrons. The van der Waals surface area contributed by atoms with E-state index in [-0.39, 0.29) is 43.7 Å². The van der Waals surface area contributed by atoms with Gasteiger partial charge in [0.25, 0.3) is 5.91 Å². The molecule has 0 radical (unpaired) electrons. The number of alkyl halides is 3. The van der Waals surface area contributed by atoms with Crippen molar-refractivity contribution in [2.45, 2.75) is 45.0 Å². The molecule has 9 nitrogen and oxygen atoms in total. The number of nitrogens with one attached hydrogen (secondary N) is 1. The van der Waals surface area contributed by atoms with Gasteiger partial charge >= 0.3 is 6.36 Å². The van der Waals surface area contributed by atoms with Crippen LogP contribution in [0.25, 0.3) is 11.3 Å². The summed E-state index contributed by atoms with van der Waals surface area (Å²) in [5.41, 5.74) is 2.01. The van der Waals surface area contributed by atoms with Crippen LogP contribution in [-0.4, -0.2) is 40.0 Å². The van der Waals surface area contributed by atoms with Crippen LogP contribution >= 0.6 is 0 Å². The SMILES string of the molecule is O=C1CCC(N2Cc3c(OCc4ncc(-c5ccc(COC(F)(F)F)cc5)o4)cccc3C2=O)C(=O)N1. The maximum Gasteiger partial charge on any atom is 0.522 e. The number of amides is 3. The van der Waals surface area contributed by atoms with Crippen molar-refractivity contribution in [1.29, 1.82) is 0 Å². The minimum Gasteiger partial charge on any atom is -0.483 e. The van der Waals surface area contributed by atoms with E-state index in [0.717, 1.165) is 0 Å². The number of oxazole rings is 1. The van der Waals surface area contributed by atoms with Gasteiger partial charge in [-0.15, -0.1) is 13.2 Å². The van der Waals surface area contributed by atoms with Crippen molar-refractivity contribution in [2.75, 3.05) is 0 Å². The Morgan fingerprint density at radius 3 is 2.59 bits per heavy atom. The van der Waals surface area contributed by atoms with Gasteiger partial charge in [-0.25, -0.2) is 4.98 Å². The third-order valence-corrected chi connectivity index (χ3v) is 6.08. The average Bonchev–Trinajstić information content (AvgIpc) is 3.47. The Kier molecular flexibility index (Phi) is 6.42. The van der Waals surface area contributed by atoms with E-state index in [1.54, 1.807) is 30.3 Å². The van der Waals surface area contributed by atoms with E-state index in [4.69, 9.17) is 9.15 Å². The van der Waals surface area contributed by atoms with Gasteiger partial charge in [0.05, 0.1) is 19.3 Å². The second-order valence-electron chi connectivity index (χ2n) is 8.52. The smallest absolute Gasteiger partial charge is 0.483 e. The van der Waals surface area contributed by atoms with E-state index in [0.29, 0.717) is 33.8 Å². The number of piperidine rings is 1. The van der Waals surface area contributed by atoms with Crippen molar-refractivity contribution in [3.63, 3.8) is 0 Å². The second-order valence-corrected chi connectivity index (χ2v) is 8.52. The summed E-state index contributed by atoms with van der Waals surface area (Å²) in [6.45, 7) is -0.470. The number of rotatable bonds is 7. The van der Waals surface area contributed by atoms with Crippen LogP contribution in [0.4, 0.5) is 13.2 Å². The van der Waals surface area contributed by atoms with Crippen molar-refractivity contribution in [1.82, 2.24) is 15.2 Å². The van der Waals surface area contributed by atoms with Crippen molar-refractivity contribution in [3.8, 4) is 17.1 Å². The molecule has 1 fully saturated rings. The number of nitrogens with zero attached hydrogens (tertiary/aromatic N) is 2. The number of imide groups is 1. The highest BCUT2D eigenvalue weighted by Gasteiger charge is 2.40. The van der Waals surface area contributed by atoms with Crippen LogP contribution in [0.15, 0.2) is 53.1 Å². The van der Waals surface area contributed by atoms with Gasteiger partial charge in [0.1, 0.15) is 11.8 Å². The number of carbonyl (C=O) groups excluding carboxylic acids is 3. The van der Waals surface area contributed by atoms with Crippen LogP contribution in [0.5, 0.6) is 5.75 Å². The highest BCUT2D eigenvalue weighted by molar-refractivity contribution is 6.05. The molecule has 3 amide bonds. The predicted molar refractivity (Wildman–Crippen MR) is 120 cm³/mol. The lowest BCUT2D eigenvalue weighted by molar-refractivity contribution is -0.330. The maximum absolute atomic E-state index is 12.9. The molecule has 12 heteroatoms. The Balaban J connectivity index is 1.23. The maximum atomic E-state index is 12.9. The second kappa shape index (κ2) is 9.69. The zero-order chi connectivity index (χ0) is 26.2. The fourth-order valence-electron chi connectivity index (χ4n) is 4.27. The van der Waals surface area contributed by atoms with E-state index >= 15 is 0 Å². The molecule has 3 heterocycles. The number of hydrogen-bond donors (Lipinski definition) is 1. The molecule has 0 aliphatic carbocycles. The van der Waals surface area contributed by atoms with E-state index in [1.165, 1.54) is 23.2 Å². The first-order valence-electron chi connectivity index (χ1n) is 11.3. The summed E-state index contributed by atoms with van der Waals surface area (Å²) in [5, 5.41) is 2.27. The fourth-order valence-corrected chi connectivity index (χ4v) is 4.27. The summed E-state index contributed by atoms with van der Waals surface area (Å²) in [6, 6.07) is 10.5. The molecule has 1 unspecified atom stereocenters. The van der Waals surface area contributed by atoms with Crippen LogP contribution in [0.1, 0.15) is 40.2 Å². The molecule has 0 saturated carbocycles. The monoisotopic (exact) mass is 515 g/mol. The summed E-state index contributed by atoms with van der Waals surface area (Å²) in [7, 11) is 0. The summed E-state index contributed by atoms with van der Waals surface area (Å²) >= 11 is 0. The zero-order valence-electron chi connectivity index (χ0n) is 19.2. The Morgan fingerprint density at radius 1 is 1.08 bits per heavy atom. The number of benzene rings is 2. The van der Waals surface area contributed by atoms with Crippen LogP contribution in [-0.2, 0) is 34.1 Å². The minimum atomic E-state index is -4.70. The molecular formula is C25H20F3N3O6. The van der Waals surface area contributed by atoms with Gasteiger partial charge in [0, 0.05) is 23.1 Å². The van der Waals surface area contributed by atoms with Gasteiger partial charge in [-0.05, 0) is 24.1 Å². The molecular weight excluding hydrogens is 495 g/mol. The van der Waals surface area contributed by atoms with Gasteiger partial charge in [-0.2, -0.15) is 0 Å². The Labute approximate surface area is 208 Å². The van der Waals surface area contributed by atoms with Gasteiger partial charge in [-0.1, -0.05) is 30.3 Å². The minimum absolute atomic E-state index is 0.0411. The molecule has 2 aliphatic rings. The number of hydrogen-bond acceptors (Lipinski definition) is 7.